The van der Waals surface area contributed by atoms with Gasteiger partial charge >= 0.3 is 0 Å². The molecule has 196 valence electrons. The third-order valence-corrected chi connectivity index (χ3v) is 8.17. The Morgan fingerprint density at radius 3 is 2.65 bits per heavy atom. The summed E-state index contributed by atoms with van der Waals surface area (Å²) in [6.45, 7) is 9.03. The lowest BCUT2D eigenvalue weighted by Gasteiger charge is -2.62. The Hall–Kier alpha value is -3.27. The van der Waals surface area contributed by atoms with Crippen LogP contribution in [-0.4, -0.2) is 72.0 Å². The molecule has 3 aliphatic heterocycles. The van der Waals surface area contributed by atoms with E-state index >= 15 is 4.39 Å². The molecule has 0 radical (unpaired) electrons. The van der Waals surface area contributed by atoms with Crippen LogP contribution in [0.3, 0.4) is 0 Å². The monoisotopic (exact) mass is 507 g/mol. The van der Waals surface area contributed by atoms with E-state index in [1.807, 2.05) is 6.07 Å². The van der Waals surface area contributed by atoms with Crippen molar-refractivity contribution < 1.29 is 14.0 Å². The zero-order valence-corrected chi connectivity index (χ0v) is 21.4. The molecule has 2 N–H and O–H groups in total. The van der Waals surface area contributed by atoms with Gasteiger partial charge in [0.2, 0.25) is 18.3 Å². The number of likely N-dealkylation sites (tertiary alicyclic amines) is 1. The number of amides is 2. The lowest BCUT2D eigenvalue weighted by molar-refractivity contribution is -0.122. The van der Waals surface area contributed by atoms with Crippen LogP contribution in [0.25, 0.3) is 0 Å². The number of carbonyl (C=O) groups is 2. The van der Waals surface area contributed by atoms with Gasteiger partial charge in [0.15, 0.2) is 0 Å². The maximum absolute atomic E-state index is 15.1. The average molecular weight is 508 g/mol. The Bertz CT molecular complexity index is 1200. The molecular formula is C27H34FN7O2. The zero-order valence-electron chi connectivity index (χ0n) is 21.4. The van der Waals surface area contributed by atoms with E-state index < -0.39 is 0 Å². The summed E-state index contributed by atoms with van der Waals surface area (Å²) in [7, 11) is 0. The van der Waals surface area contributed by atoms with Gasteiger partial charge in [-0.3, -0.25) is 19.4 Å². The van der Waals surface area contributed by atoms with E-state index in [-0.39, 0.29) is 23.7 Å². The lowest BCUT2D eigenvalue weighted by atomic mass is 9.72. The highest BCUT2D eigenvalue weighted by Crippen LogP contribution is 2.43. The van der Waals surface area contributed by atoms with Crippen LogP contribution in [-0.2, 0) is 16.0 Å². The first-order chi connectivity index (χ1) is 17.8. The number of anilines is 4. The molecular weight excluding hydrogens is 473 g/mol. The molecule has 2 aromatic rings. The van der Waals surface area contributed by atoms with Crippen LogP contribution in [0.5, 0.6) is 0 Å². The van der Waals surface area contributed by atoms with E-state index in [1.165, 1.54) is 6.07 Å². The minimum Gasteiger partial charge on any atom is -0.368 e. The van der Waals surface area contributed by atoms with Gasteiger partial charge in [-0.05, 0) is 57.7 Å². The fourth-order valence-electron chi connectivity index (χ4n) is 5.88. The highest BCUT2D eigenvalue weighted by Gasteiger charge is 2.52. The SMILES string of the molecule is CC(C)N1CC2(CN(c3ccc(Nc4ncc(CC5CCNC5=O)c(N(C=O)C5CC5)n4)cc3F)C2)C1. The Kier molecular flexibility index (Phi) is 6.01. The molecule has 0 bridgehead atoms. The van der Waals surface area contributed by atoms with Crippen molar-refractivity contribution in [3.05, 3.63) is 35.8 Å². The molecule has 1 aromatic heterocycles. The summed E-state index contributed by atoms with van der Waals surface area (Å²) in [5.74, 6) is 0.408. The second kappa shape index (κ2) is 9.24. The van der Waals surface area contributed by atoms with Gasteiger partial charge in [0.25, 0.3) is 0 Å². The average Bonchev–Trinajstić information content (AvgIpc) is 3.57. The number of rotatable bonds is 9. The molecule has 4 heterocycles. The Labute approximate surface area is 216 Å². The first-order valence-corrected chi connectivity index (χ1v) is 13.3. The quantitative estimate of drug-likeness (QED) is 0.504. The summed E-state index contributed by atoms with van der Waals surface area (Å²) in [6, 6.07) is 5.79. The summed E-state index contributed by atoms with van der Waals surface area (Å²) < 4.78 is 15.1. The Balaban J connectivity index is 1.16. The van der Waals surface area contributed by atoms with Crippen LogP contribution in [0.4, 0.5) is 27.5 Å². The molecule has 9 nitrogen and oxygen atoms in total. The van der Waals surface area contributed by atoms with Crippen molar-refractivity contribution in [1.29, 1.82) is 0 Å². The van der Waals surface area contributed by atoms with Crippen LogP contribution in [0.15, 0.2) is 24.4 Å². The Morgan fingerprint density at radius 1 is 1.24 bits per heavy atom. The van der Waals surface area contributed by atoms with Crippen molar-refractivity contribution in [3.8, 4) is 0 Å². The fourth-order valence-corrected chi connectivity index (χ4v) is 5.88. The number of hydrogen-bond donors (Lipinski definition) is 2. The molecule has 1 atom stereocenters. The molecule has 1 aliphatic carbocycles. The molecule has 6 rings (SSSR count). The van der Waals surface area contributed by atoms with E-state index in [0.29, 0.717) is 47.6 Å². The minimum atomic E-state index is -0.281. The van der Waals surface area contributed by atoms with Gasteiger partial charge < -0.3 is 15.5 Å². The summed E-state index contributed by atoms with van der Waals surface area (Å²) in [5.41, 5.74) is 2.24. The van der Waals surface area contributed by atoms with Crippen molar-refractivity contribution >= 4 is 35.5 Å². The van der Waals surface area contributed by atoms with Gasteiger partial charge in [-0.1, -0.05) is 0 Å². The minimum absolute atomic E-state index is 0.0236. The largest absolute Gasteiger partial charge is 0.368 e. The second-order valence-electron chi connectivity index (χ2n) is 11.4. The first-order valence-electron chi connectivity index (χ1n) is 13.3. The van der Waals surface area contributed by atoms with Crippen molar-refractivity contribution in [1.82, 2.24) is 20.2 Å². The predicted molar refractivity (Wildman–Crippen MR) is 139 cm³/mol. The molecule has 1 unspecified atom stereocenters. The maximum Gasteiger partial charge on any atom is 0.229 e. The number of carbonyl (C=O) groups excluding carboxylic acids is 2. The molecule has 3 saturated heterocycles. The lowest BCUT2D eigenvalue weighted by Crippen LogP contribution is -2.73. The van der Waals surface area contributed by atoms with E-state index in [1.54, 1.807) is 17.2 Å². The second-order valence-corrected chi connectivity index (χ2v) is 11.4. The summed E-state index contributed by atoms with van der Waals surface area (Å²) in [6.07, 6.45) is 5.57. The van der Waals surface area contributed by atoms with Gasteiger partial charge in [0.1, 0.15) is 11.6 Å². The highest BCUT2D eigenvalue weighted by atomic mass is 19.1. The topological polar surface area (TPSA) is 93.7 Å². The molecule has 1 saturated carbocycles. The molecule has 1 spiro atoms. The number of aromatic nitrogens is 2. The number of halogens is 1. The van der Waals surface area contributed by atoms with Crippen molar-refractivity contribution in [2.45, 2.75) is 51.6 Å². The summed E-state index contributed by atoms with van der Waals surface area (Å²) in [5, 5.41) is 5.96. The van der Waals surface area contributed by atoms with Crippen molar-refractivity contribution in [2.75, 3.05) is 47.8 Å². The maximum atomic E-state index is 15.1. The Morgan fingerprint density at radius 2 is 2.03 bits per heavy atom. The van der Waals surface area contributed by atoms with Gasteiger partial charge in [-0.25, -0.2) is 9.37 Å². The summed E-state index contributed by atoms with van der Waals surface area (Å²) in [4.78, 5) is 39.3. The number of nitrogens with one attached hydrogen (secondary N) is 2. The van der Waals surface area contributed by atoms with Gasteiger partial charge in [-0.2, -0.15) is 4.98 Å². The smallest absolute Gasteiger partial charge is 0.229 e. The molecule has 37 heavy (non-hydrogen) atoms. The first kappa shape index (κ1) is 24.1. The van der Waals surface area contributed by atoms with Gasteiger partial charge in [-0.15, -0.1) is 0 Å². The van der Waals surface area contributed by atoms with Crippen molar-refractivity contribution in [3.63, 3.8) is 0 Å². The number of nitrogens with zero attached hydrogens (tertiary/aromatic N) is 5. The van der Waals surface area contributed by atoms with Crippen LogP contribution in [0, 0.1) is 17.2 Å². The van der Waals surface area contributed by atoms with Crippen LogP contribution >= 0.6 is 0 Å². The van der Waals surface area contributed by atoms with E-state index in [2.05, 4.69) is 44.2 Å². The third-order valence-electron chi connectivity index (χ3n) is 8.17. The third kappa shape index (κ3) is 4.63. The van der Waals surface area contributed by atoms with E-state index in [9.17, 15) is 9.59 Å². The summed E-state index contributed by atoms with van der Waals surface area (Å²) >= 11 is 0. The number of hydrogen-bond acceptors (Lipinski definition) is 7. The normalized spacial score (nSPS) is 22.5. The standard InChI is InChI=1S/C27H34FN7O2/c1-17(2)33-12-27(13-33)14-34(15-27)23-6-3-20(10-22(23)28)31-26-30-11-19(9-18-7-8-29-25(18)37)24(32-26)35(16-36)21-4-5-21/h3,6,10-11,16-18,21H,4-5,7-9,12-15H2,1-2H3,(H,29,37)(H,30,31,32). The molecule has 1 aromatic carbocycles. The molecule has 10 heteroatoms. The fraction of sp³-hybridized carbons (Fsp3) is 0.556. The van der Waals surface area contributed by atoms with Crippen LogP contribution in [0.1, 0.15) is 38.7 Å². The van der Waals surface area contributed by atoms with Gasteiger partial charge in [0.05, 0.1) is 5.69 Å². The zero-order chi connectivity index (χ0) is 25.7. The van der Waals surface area contributed by atoms with Gasteiger partial charge in [0, 0.05) is 73.6 Å². The molecule has 2 amide bonds. The predicted octanol–water partition coefficient (Wildman–Crippen LogP) is 2.69. The molecule has 4 aliphatic rings. The van der Waals surface area contributed by atoms with E-state index in [0.717, 1.165) is 57.4 Å². The van der Waals surface area contributed by atoms with E-state index in [4.69, 9.17) is 0 Å². The number of benzene rings is 1. The molecule has 4 fully saturated rings. The highest BCUT2D eigenvalue weighted by molar-refractivity contribution is 5.82. The van der Waals surface area contributed by atoms with Crippen LogP contribution < -0.4 is 20.4 Å². The van der Waals surface area contributed by atoms with Crippen LogP contribution in [0.2, 0.25) is 0 Å². The van der Waals surface area contributed by atoms with Crippen molar-refractivity contribution in [2.24, 2.45) is 11.3 Å².